The van der Waals surface area contributed by atoms with Gasteiger partial charge in [0.15, 0.2) is 0 Å². The molecular weight excluding hydrogens is 338 g/mol. The summed E-state index contributed by atoms with van der Waals surface area (Å²) in [6.45, 7) is 0.875. The summed E-state index contributed by atoms with van der Waals surface area (Å²) >= 11 is 1.74. The van der Waals surface area contributed by atoms with Gasteiger partial charge in [-0.3, -0.25) is 15.0 Å². The Bertz CT molecular complexity index is 592. The molecular formula is C13H19N5O3S2. The highest BCUT2D eigenvalue weighted by Crippen LogP contribution is 2.19. The number of likely N-dealkylation sites (tertiary alicyclic amines) is 1. The highest BCUT2D eigenvalue weighted by atomic mass is 32.2. The van der Waals surface area contributed by atoms with Gasteiger partial charge < -0.3 is 20.5 Å². The number of amides is 2. The summed E-state index contributed by atoms with van der Waals surface area (Å²) in [5, 5.41) is 10.2. The average molecular weight is 357 g/mol. The van der Waals surface area contributed by atoms with Gasteiger partial charge in [0.25, 0.3) is 0 Å². The molecule has 1 unspecified atom stereocenters. The van der Waals surface area contributed by atoms with Crippen molar-refractivity contribution in [3.8, 4) is 0 Å². The highest BCUT2D eigenvalue weighted by molar-refractivity contribution is 7.91. The molecule has 1 fully saturated rings. The standard InChI is InChI=1S/C13H19N5O3S2/c14-12(15)10-4-3-8(22-10)6-16-13(20)9-2-1-5-18(9)11(19)7-17-23-21/h3-4,9,17,21H,1-2,5-7H2,(H3,14,15)(H,16,20). The summed E-state index contributed by atoms with van der Waals surface area (Å²) in [5.74, 6) is -0.390. The Morgan fingerprint density at radius 1 is 1.52 bits per heavy atom. The van der Waals surface area contributed by atoms with Gasteiger partial charge in [-0.2, -0.15) is 0 Å². The molecule has 0 spiro atoms. The van der Waals surface area contributed by atoms with Crippen LogP contribution < -0.4 is 15.8 Å². The normalized spacial score (nSPS) is 17.3. The lowest BCUT2D eigenvalue weighted by molar-refractivity contribution is -0.137. The van der Waals surface area contributed by atoms with E-state index in [2.05, 4.69) is 10.0 Å². The first-order valence-corrected chi connectivity index (χ1v) is 8.65. The van der Waals surface area contributed by atoms with Crippen molar-refractivity contribution in [2.24, 2.45) is 5.73 Å². The maximum atomic E-state index is 12.3. The molecule has 6 N–H and O–H groups in total. The van der Waals surface area contributed by atoms with Gasteiger partial charge in [-0.1, -0.05) is 0 Å². The molecule has 2 heterocycles. The van der Waals surface area contributed by atoms with E-state index in [1.165, 1.54) is 16.2 Å². The second kappa shape index (κ2) is 8.29. The van der Waals surface area contributed by atoms with Crippen molar-refractivity contribution in [1.82, 2.24) is 14.9 Å². The largest absolute Gasteiger partial charge is 0.383 e. The Morgan fingerprint density at radius 2 is 2.30 bits per heavy atom. The van der Waals surface area contributed by atoms with E-state index >= 15 is 0 Å². The number of rotatable bonds is 7. The fraction of sp³-hybridized carbons (Fsp3) is 0.462. The Balaban J connectivity index is 1.88. The Kier molecular flexibility index (Phi) is 6.39. The van der Waals surface area contributed by atoms with Crippen LogP contribution in [0.15, 0.2) is 12.1 Å². The zero-order valence-electron chi connectivity index (χ0n) is 12.4. The maximum Gasteiger partial charge on any atom is 0.243 e. The van der Waals surface area contributed by atoms with Crippen LogP contribution >= 0.6 is 23.6 Å². The predicted molar refractivity (Wildman–Crippen MR) is 90.1 cm³/mol. The van der Waals surface area contributed by atoms with Crippen molar-refractivity contribution in [2.45, 2.75) is 25.4 Å². The van der Waals surface area contributed by atoms with Gasteiger partial charge in [-0.25, -0.2) is 4.72 Å². The maximum absolute atomic E-state index is 12.3. The number of hydrogen-bond donors (Lipinski definition) is 5. The van der Waals surface area contributed by atoms with Crippen molar-refractivity contribution in [3.63, 3.8) is 0 Å². The van der Waals surface area contributed by atoms with Crippen LogP contribution in [0.2, 0.25) is 0 Å². The molecule has 126 valence electrons. The second-order valence-corrected chi connectivity index (χ2v) is 6.69. The van der Waals surface area contributed by atoms with Crippen LogP contribution in [0.1, 0.15) is 22.6 Å². The van der Waals surface area contributed by atoms with Gasteiger partial charge in [0.05, 0.1) is 30.2 Å². The Morgan fingerprint density at radius 3 is 2.96 bits per heavy atom. The molecule has 8 nitrogen and oxygen atoms in total. The van der Waals surface area contributed by atoms with Gasteiger partial charge in [0.2, 0.25) is 11.8 Å². The molecule has 1 aliphatic rings. The zero-order valence-corrected chi connectivity index (χ0v) is 14.0. The van der Waals surface area contributed by atoms with Crippen molar-refractivity contribution >= 4 is 41.2 Å². The van der Waals surface area contributed by atoms with Crippen LogP contribution in [0, 0.1) is 5.41 Å². The van der Waals surface area contributed by atoms with Gasteiger partial charge in [0.1, 0.15) is 11.9 Å². The SMILES string of the molecule is N=C(N)c1ccc(CNC(=O)C2CCCN2C(=O)CNSO)s1. The van der Waals surface area contributed by atoms with E-state index < -0.39 is 6.04 Å². The van der Waals surface area contributed by atoms with Crippen LogP contribution in [0.3, 0.4) is 0 Å². The Hall–Kier alpha value is -1.62. The van der Waals surface area contributed by atoms with Gasteiger partial charge in [-0.05, 0) is 25.0 Å². The molecule has 0 saturated carbocycles. The summed E-state index contributed by atoms with van der Waals surface area (Å²) in [6.07, 6.45) is 1.41. The predicted octanol–water partition coefficient (Wildman–Crippen LogP) is 0.350. The van der Waals surface area contributed by atoms with E-state index in [0.29, 0.717) is 36.6 Å². The highest BCUT2D eigenvalue weighted by Gasteiger charge is 2.33. The number of thiophene rings is 1. The Labute approximate surface area is 142 Å². The molecule has 1 atom stereocenters. The van der Waals surface area contributed by atoms with Crippen molar-refractivity contribution in [1.29, 1.82) is 5.41 Å². The van der Waals surface area contributed by atoms with E-state index in [-0.39, 0.29) is 24.2 Å². The molecule has 10 heteroatoms. The average Bonchev–Trinajstić information content (AvgIpc) is 3.19. The molecule has 1 aliphatic heterocycles. The lowest BCUT2D eigenvalue weighted by Gasteiger charge is -2.23. The molecule has 1 saturated heterocycles. The molecule has 2 amide bonds. The monoisotopic (exact) mass is 357 g/mol. The number of carbonyl (C=O) groups is 2. The molecule has 2 rings (SSSR count). The number of nitrogen functional groups attached to an aromatic ring is 1. The fourth-order valence-corrected chi connectivity index (χ4v) is 3.44. The molecule has 0 aliphatic carbocycles. The van der Waals surface area contributed by atoms with Crippen LogP contribution in [-0.4, -0.2) is 46.2 Å². The summed E-state index contributed by atoms with van der Waals surface area (Å²) < 4.78 is 11.1. The minimum Gasteiger partial charge on any atom is -0.383 e. The number of carbonyl (C=O) groups excluding carboxylic acids is 2. The first-order valence-electron chi connectivity index (χ1n) is 7.06. The number of amidine groups is 1. The number of nitrogens with one attached hydrogen (secondary N) is 3. The van der Waals surface area contributed by atoms with E-state index in [1.807, 2.05) is 6.07 Å². The van der Waals surface area contributed by atoms with Gasteiger partial charge >= 0.3 is 0 Å². The topological polar surface area (TPSA) is 132 Å². The lowest BCUT2D eigenvalue weighted by atomic mass is 10.2. The molecule has 23 heavy (non-hydrogen) atoms. The summed E-state index contributed by atoms with van der Waals surface area (Å²) in [7, 11) is 0. The van der Waals surface area contributed by atoms with Crippen LogP contribution in [0.4, 0.5) is 0 Å². The molecule has 0 radical (unpaired) electrons. The summed E-state index contributed by atoms with van der Waals surface area (Å²) in [5.41, 5.74) is 5.41. The summed E-state index contributed by atoms with van der Waals surface area (Å²) in [6, 6.07) is 3.10. The van der Waals surface area contributed by atoms with E-state index in [9.17, 15) is 9.59 Å². The van der Waals surface area contributed by atoms with Crippen molar-refractivity contribution in [2.75, 3.05) is 13.1 Å². The smallest absolute Gasteiger partial charge is 0.243 e. The number of nitrogens with two attached hydrogens (primary N) is 1. The molecule has 1 aromatic heterocycles. The molecule has 0 bridgehead atoms. The minimum atomic E-state index is -0.472. The lowest BCUT2D eigenvalue weighted by Crippen LogP contribution is -2.47. The molecule has 1 aromatic rings. The first kappa shape index (κ1) is 17.7. The first-order chi connectivity index (χ1) is 11.0. The van der Waals surface area contributed by atoms with Gasteiger partial charge in [-0.15, -0.1) is 11.3 Å². The third-order valence-corrected chi connectivity index (χ3v) is 4.92. The second-order valence-electron chi connectivity index (χ2n) is 5.05. The third kappa shape index (κ3) is 4.67. The van der Waals surface area contributed by atoms with Crippen molar-refractivity contribution < 1.29 is 14.1 Å². The van der Waals surface area contributed by atoms with Crippen LogP contribution in [0.5, 0.6) is 0 Å². The van der Waals surface area contributed by atoms with Crippen molar-refractivity contribution in [3.05, 3.63) is 21.9 Å². The third-order valence-electron chi connectivity index (χ3n) is 3.53. The van der Waals surface area contributed by atoms with Gasteiger partial charge in [0, 0.05) is 11.4 Å². The quantitative estimate of drug-likeness (QED) is 0.207. The number of nitrogens with zero attached hydrogens (tertiary/aromatic N) is 1. The fourth-order valence-electron chi connectivity index (χ4n) is 2.44. The van der Waals surface area contributed by atoms with E-state index in [4.69, 9.17) is 15.7 Å². The zero-order chi connectivity index (χ0) is 16.8. The summed E-state index contributed by atoms with van der Waals surface area (Å²) in [4.78, 5) is 27.4. The van der Waals surface area contributed by atoms with Crippen LogP contribution in [0.25, 0.3) is 0 Å². The van der Waals surface area contributed by atoms with E-state index in [1.54, 1.807) is 6.07 Å². The number of hydrogen-bond acceptors (Lipinski definition) is 7. The van der Waals surface area contributed by atoms with E-state index in [0.717, 1.165) is 11.3 Å². The molecule has 0 aromatic carbocycles. The minimum absolute atomic E-state index is 0.00870. The van der Waals surface area contributed by atoms with Crippen LogP contribution in [-0.2, 0) is 16.1 Å².